The van der Waals surface area contributed by atoms with Crippen LogP contribution in [-0.4, -0.2) is 17.1 Å². The Labute approximate surface area is 186 Å². The largest absolute Gasteiger partial charge is 0.493 e. The maximum Gasteiger partial charge on any atom is 0.429 e. The molecule has 0 unspecified atom stereocenters. The minimum Gasteiger partial charge on any atom is -0.493 e. The van der Waals surface area contributed by atoms with Gasteiger partial charge in [-0.05, 0) is 55.0 Å². The highest BCUT2D eigenvalue weighted by Crippen LogP contribution is 2.41. The van der Waals surface area contributed by atoms with Crippen LogP contribution in [-0.2, 0) is 6.11 Å². The van der Waals surface area contributed by atoms with Crippen molar-refractivity contribution < 1.29 is 22.6 Å². The Balaban J connectivity index is 1.84. The molecule has 0 bridgehead atoms. The van der Waals surface area contributed by atoms with E-state index in [1.54, 1.807) is 24.3 Å². The Kier molecular flexibility index (Phi) is 5.56. The predicted molar refractivity (Wildman–Crippen MR) is 117 cm³/mol. The molecular weight excluding hydrogens is 443 g/mol. The number of hydrogen-bond acceptors (Lipinski definition) is 5. The Morgan fingerprint density at radius 3 is 2.53 bits per heavy atom. The van der Waals surface area contributed by atoms with Crippen molar-refractivity contribution in [3.63, 3.8) is 0 Å². The average molecular weight is 460 g/mol. The minimum atomic E-state index is -3.96. The van der Waals surface area contributed by atoms with Gasteiger partial charge < -0.3 is 15.2 Å². The van der Waals surface area contributed by atoms with Crippen LogP contribution in [0.25, 0.3) is 22.2 Å². The highest BCUT2D eigenvalue weighted by molar-refractivity contribution is 6.31. The Hall–Kier alpha value is -3.52. The number of ether oxygens (including phenoxy) is 2. The van der Waals surface area contributed by atoms with Gasteiger partial charge in [-0.25, -0.2) is 14.4 Å². The number of alkyl halides is 2. The molecule has 4 rings (SSSR count). The number of aromatic nitrogens is 2. The molecule has 3 aromatic carbocycles. The molecule has 32 heavy (non-hydrogen) atoms. The fourth-order valence-electron chi connectivity index (χ4n) is 3.31. The first-order valence-corrected chi connectivity index (χ1v) is 9.81. The van der Waals surface area contributed by atoms with E-state index in [-0.39, 0.29) is 23.0 Å². The van der Waals surface area contributed by atoms with Crippen LogP contribution in [0.3, 0.4) is 0 Å². The molecule has 0 saturated carbocycles. The smallest absolute Gasteiger partial charge is 0.429 e. The highest BCUT2D eigenvalue weighted by atomic mass is 35.5. The lowest BCUT2D eigenvalue weighted by atomic mass is 10.1. The predicted octanol–water partition coefficient (Wildman–Crippen LogP) is 6.12. The number of nitrogen functional groups attached to an aromatic ring is 1. The Bertz CT molecular complexity index is 1330. The molecule has 0 atom stereocenters. The molecular formula is C23H17ClF3N3O2. The summed E-state index contributed by atoms with van der Waals surface area (Å²) < 4.78 is 54.3. The lowest BCUT2D eigenvalue weighted by molar-refractivity contribution is -0.188. The van der Waals surface area contributed by atoms with Crippen LogP contribution in [0.2, 0.25) is 5.02 Å². The normalized spacial score (nSPS) is 11.6. The molecule has 5 nitrogen and oxygen atoms in total. The van der Waals surface area contributed by atoms with Gasteiger partial charge in [-0.2, -0.15) is 8.78 Å². The molecule has 0 spiro atoms. The van der Waals surface area contributed by atoms with E-state index in [2.05, 4.69) is 9.97 Å². The zero-order chi connectivity index (χ0) is 23.0. The van der Waals surface area contributed by atoms with Gasteiger partial charge in [0.1, 0.15) is 11.4 Å². The molecule has 0 amide bonds. The highest BCUT2D eigenvalue weighted by Gasteiger charge is 2.39. The lowest BCUT2D eigenvalue weighted by Gasteiger charge is -2.21. The van der Waals surface area contributed by atoms with Crippen molar-refractivity contribution in [3.8, 4) is 22.8 Å². The maximum absolute atomic E-state index is 14.9. The van der Waals surface area contributed by atoms with Crippen LogP contribution < -0.4 is 15.2 Å². The van der Waals surface area contributed by atoms with Crippen molar-refractivity contribution in [1.82, 2.24) is 9.97 Å². The average Bonchev–Trinajstić information content (AvgIpc) is 2.75. The molecule has 164 valence electrons. The van der Waals surface area contributed by atoms with Crippen LogP contribution in [0.1, 0.15) is 11.1 Å². The molecule has 2 N–H and O–H groups in total. The summed E-state index contributed by atoms with van der Waals surface area (Å²) in [6.45, 7) is 1.39. The first-order valence-electron chi connectivity index (χ1n) is 9.43. The topological polar surface area (TPSA) is 70.3 Å². The quantitative estimate of drug-likeness (QED) is 0.389. The molecule has 0 aliphatic rings. The van der Waals surface area contributed by atoms with Crippen LogP contribution >= 0.6 is 11.6 Å². The van der Waals surface area contributed by atoms with E-state index in [4.69, 9.17) is 26.8 Å². The fraction of sp³-hybridized carbons (Fsp3) is 0.130. The third-order valence-corrected chi connectivity index (χ3v) is 5.09. The summed E-state index contributed by atoms with van der Waals surface area (Å²) in [6, 6.07) is 13.1. The van der Waals surface area contributed by atoms with Gasteiger partial charge in [-0.15, -0.1) is 0 Å². The van der Waals surface area contributed by atoms with Crippen molar-refractivity contribution in [2.75, 3.05) is 12.8 Å². The van der Waals surface area contributed by atoms with Gasteiger partial charge in [0.25, 0.3) is 0 Å². The van der Waals surface area contributed by atoms with Crippen molar-refractivity contribution in [2.24, 2.45) is 0 Å². The van der Waals surface area contributed by atoms with Gasteiger partial charge in [0.2, 0.25) is 5.95 Å². The second-order valence-electron chi connectivity index (χ2n) is 7.01. The molecule has 0 fully saturated rings. The van der Waals surface area contributed by atoms with Gasteiger partial charge in [0, 0.05) is 16.0 Å². The van der Waals surface area contributed by atoms with Crippen molar-refractivity contribution in [3.05, 3.63) is 76.6 Å². The standard InChI is InChI=1S/C23H17ClF3N3O2/c1-12-4-3-5-16(20(12)25)23(26,27)32-19-10-13(6-9-18(19)31-2)21-15-11-14(24)7-8-17(15)29-22(28)30-21/h3-11H,1-2H3,(H2,28,29,30). The molecule has 1 heterocycles. The number of nitrogens with two attached hydrogens (primary N) is 1. The van der Waals surface area contributed by atoms with E-state index < -0.39 is 17.5 Å². The van der Waals surface area contributed by atoms with Crippen LogP contribution in [0.15, 0.2) is 54.6 Å². The number of benzene rings is 3. The SMILES string of the molecule is COc1ccc(-c2nc(N)nc3ccc(Cl)cc23)cc1OC(F)(F)c1cccc(C)c1F. The van der Waals surface area contributed by atoms with Gasteiger partial charge >= 0.3 is 6.11 Å². The molecule has 9 heteroatoms. The number of fused-ring (bicyclic) bond motifs is 1. The number of aryl methyl sites for hydroxylation is 1. The van der Waals surface area contributed by atoms with E-state index in [0.29, 0.717) is 27.2 Å². The van der Waals surface area contributed by atoms with Crippen LogP contribution in [0, 0.1) is 12.7 Å². The molecule has 0 aliphatic carbocycles. The van der Waals surface area contributed by atoms with E-state index in [1.165, 1.54) is 38.3 Å². The summed E-state index contributed by atoms with van der Waals surface area (Å²) in [5.41, 5.74) is 6.33. The second kappa shape index (κ2) is 8.20. The number of anilines is 1. The number of hydrogen-bond donors (Lipinski definition) is 1. The van der Waals surface area contributed by atoms with Gasteiger partial charge in [0.05, 0.1) is 18.3 Å². The van der Waals surface area contributed by atoms with Crippen molar-refractivity contribution in [2.45, 2.75) is 13.0 Å². The third kappa shape index (κ3) is 4.01. The van der Waals surface area contributed by atoms with E-state index in [9.17, 15) is 13.2 Å². The van der Waals surface area contributed by atoms with Gasteiger partial charge in [-0.3, -0.25) is 0 Å². The summed E-state index contributed by atoms with van der Waals surface area (Å²) in [6.07, 6.45) is -3.96. The number of nitrogens with zero attached hydrogens (tertiary/aromatic N) is 2. The van der Waals surface area contributed by atoms with E-state index >= 15 is 0 Å². The lowest BCUT2D eigenvalue weighted by Crippen LogP contribution is -2.24. The molecule has 0 saturated heterocycles. The number of methoxy groups -OCH3 is 1. The summed E-state index contributed by atoms with van der Waals surface area (Å²) in [4.78, 5) is 8.42. The first-order chi connectivity index (χ1) is 15.2. The maximum atomic E-state index is 14.9. The van der Waals surface area contributed by atoms with Gasteiger partial charge in [0.15, 0.2) is 11.5 Å². The molecule has 4 aromatic rings. The summed E-state index contributed by atoms with van der Waals surface area (Å²) in [5.74, 6) is -1.31. The monoisotopic (exact) mass is 459 g/mol. The summed E-state index contributed by atoms with van der Waals surface area (Å²) >= 11 is 6.11. The number of rotatable bonds is 5. The van der Waals surface area contributed by atoms with Crippen molar-refractivity contribution in [1.29, 1.82) is 0 Å². The zero-order valence-corrected chi connectivity index (χ0v) is 17.8. The summed E-state index contributed by atoms with van der Waals surface area (Å²) in [5, 5.41) is 1.01. The Morgan fingerprint density at radius 1 is 1.00 bits per heavy atom. The first kappa shape index (κ1) is 21.7. The molecule has 0 radical (unpaired) electrons. The van der Waals surface area contributed by atoms with E-state index in [0.717, 1.165) is 6.07 Å². The second-order valence-corrected chi connectivity index (χ2v) is 7.45. The van der Waals surface area contributed by atoms with E-state index in [1.807, 2.05) is 0 Å². The minimum absolute atomic E-state index is 0.000251. The van der Waals surface area contributed by atoms with Crippen LogP contribution in [0.5, 0.6) is 11.5 Å². The molecule has 1 aromatic heterocycles. The summed E-state index contributed by atoms with van der Waals surface area (Å²) in [7, 11) is 1.31. The Morgan fingerprint density at radius 2 is 1.78 bits per heavy atom. The molecule has 0 aliphatic heterocycles. The van der Waals surface area contributed by atoms with Crippen molar-refractivity contribution >= 4 is 28.5 Å². The number of halogens is 4. The van der Waals surface area contributed by atoms with Crippen LogP contribution in [0.4, 0.5) is 19.1 Å². The zero-order valence-electron chi connectivity index (χ0n) is 17.0. The fourth-order valence-corrected chi connectivity index (χ4v) is 3.48. The van der Waals surface area contributed by atoms with Gasteiger partial charge in [-0.1, -0.05) is 23.7 Å². The third-order valence-electron chi connectivity index (χ3n) is 4.86.